The van der Waals surface area contributed by atoms with Gasteiger partial charge in [0.05, 0.1) is 5.69 Å². The number of benzene rings is 2. The summed E-state index contributed by atoms with van der Waals surface area (Å²) in [7, 11) is 0. The zero-order valence-corrected chi connectivity index (χ0v) is 13.5. The average Bonchev–Trinajstić information content (AvgIpc) is 2.55. The van der Waals surface area contributed by atoms with Gasteiger partial charge in [0.2, 0.25) is 0 Å². The van der Waals surface area contributed by atoms with Gasteiger partial charge in [-0.15, -0.1) is 0 Å². The lowest BCUT2D eigenvalue weighted by molar-refractivity contribution is 0.206. The lowest BCUT2D eigenvalue weighted by Gasteiger charge is -2.31. The van der Waals surface area contributed by atoms with E-state index in [0.29, 0.717) is 19.0 Å². The summed E-state index contributed by atoms with van der Waals surface area (Å²) < 4.78 is 13.7. The van der Waals surface area contributed by atoms with Crippen molar-refractivity contribution in [3.8, 4) is 0 Å². The second kappa shape index (κ2) is 6.41. The standard InChI is InChI=1S/C19H21FN2O/c1-13(2)15-7-5-6-14-12-22(11-10-16(14)15)19(23)21-18-9-4-3-8-17(18)20/h3-9,13H,10-12H2,1-2H3,(H,21,23). The molecule has 1 aliphatic rings. The van der Waals surface area contributed by atoms with Crippen LogP contribution in [0.2, 0.25) is 0 Å². The van der Waals surface area contributed by atoms with Crippen molar-refractivity contribution in [2.45, 2.75) is 32.7 Å². The zero-order valence-electron chi connectivity index (χ0n) is 13.5. The molecule has 0 saturated carbocycles. The molecule has 2 amide bonds. The van der Waals surface area contributed by atoms with Gasteiger partial charge in [-0.25, -0.2) is 9.18 Å². The van der Waals surface area contributed by atoms with E-state index in [4.69, 9.17) is 0 Å². The molecule has 2 aromatic carbocycles. The van der Waals surface area contributed by atoms with E-state index in [-0.39, 0.29) is 11.7 Å². The Balaban J connectivity index is 1.76. The minimum atomic E-state index is -0.416. The first-order valence-corrected chi connectivity index (χ1v) is 7.97. The number of nitrogens with one attached hydrogen (secondary N) is 1. The number of anilines is 1. The van der Waals surface area contributed by atoms with Crippen LogP contribution in [-0.4, -0.2) is 17.5 Å². The maximum Gasteiger partial charge on any atom is 0.322 e. The predicted octanol–water partition coefficient (Wildman–Crippen LogP) is 4.54. The van der Waals surface area contributed by atoms with Crippen LogP contribution in [-0.2, 0) is 13.0 Å². The molecule has 2 aromatic rings. The highest BCUT2D eigenvalue weighted by molar-refractivity contribution is 5.89. The molecule has 120 valence electrons. The normalized spacial score (nSPS) is 13.8. The van der Waals surface area contributed by atoms with Crippen molar-refractivity contribution in [3.63, 3.8) is 0 Å². The number of fused-ring (bicyclic) bond motifs is 1. The van der Waals surface area contributed by atoms with Crippen LogP contribution in [0.15, 0.2) is 42.5 Å². The maximum atomic E-state index is 13.7. The summed E-state index contributed by atoms with van der Waals surface area (Å²) in [5.41, 5.74) is 4.12. The second-order valence-corrected chi connectivity index (χ2v) is 6.22. The molecule has 23 heavy (non-hydrogen) atoms. The lowest BCUT2D eigenvalue weighted by Crippen LogP contribution is -2.39. The van der Waals surface area contributed by atoms with Crippen LogP contribution in [0, 0.1) is 5.82 Å². The molecule has 3 rings (SSSR count). The highest BCUT2D eigenvalue weighted by Gasteiger charge is 2.23. The molecule has 1 aliphatic heterocycles. The van der Waals surface area contributed by atoms with Gasteiger partial charge in [0.1, 0.15) is 5.82 Å². The smallest absolute Gasteiger partial charge is 0.320 e. The van der Waals surface area contributed by atoms with Crippen molar-refractivity contribution in [1.29, 1.82) is 0 Å². The highest BCUT2D eigenvalue weighted by atomic mass is 19.1. The van der Waals surface area contributed by atoms with Crippen molar-refractivity contribution in [2.24, 2.45) is 0 Å². The number of nitrogens with zero attached hydrogens (tertiary/aromatic N) is 1. The molecule has 0 spiro atoms. The quantitative estimate of drug-likeness (QED) is 0.867. The number of para-hydroxylation sites is 1. The van der Waals surface area contributed by atoms with E-state index in [1.165, 1.54) is 22.8 Å². The summed E-state index contributed by atoms with van der Waals surface area (Å²) in [6.07, 6.45) is 0.842. The molecule has 0 atom stereocenters. The molecule has 0 fully saturated rings. The summed E-state index contributed by atoms with van der Waals surface area (Å²) in [5.74, 6) is 0.0593. The summed E-state index contributed by atoms with van der Waals surface area (Å²) in [6, 6.07) is 12.3. The summed E-state index contributed by atoms with van der Waals surface area (Å²) in [6.45, 7) is 5.59. The summed E-state index contributed by atoms with van der Waals surface area (Å²) >= 11 is 0. The fraction of sp³-hybridized carbons (Fsp3) is 0.316. The SMILES string of the molecule is CC(C)c1cccc2c1CCN(C(=O)Nc1ccccc1F)C2. The third-order valence-corrected chi connectivity index (χ3v) is 4.33. The molecule has 3 nitrogen and oxygen atoms in total. The van der Waals surface area contributed by atoms with E-state index in [2.05, 4.69) is 31.3 Å². The number of rotatable bonds is 2. The van der Waals surface area contributed by atoms with Gasteiger partial charge < -0.3 is 10.2 Å². The van der Waals surface area contributed by atoms with E-state index in [1.54, 1.807) is 23.1 Å². The van der Waals surface area contributed by atoms with Crippen LogP contribution in [0.1, 0.15) is 36.5 Å². The Bertz CT molecular complexity index is 727. The van der Waals surface area contributed by atoms with Crippen molar-refractivity contribution in [3.05, 3.63) is 65.0 Å². The Labute approximate surface area is 136 Å². The number of amides is 2. The van der Waals surface area contributed by atoms with Crippen LogP contribution in [0.5, 0.6) is 0 Å². The largest absolute Gasteiger partial charge is 0.322 e. The van der Waals surface area contributed by atoms with Gasteiger partial charge in [0.15, 0.2) is 0 Å². The van der Waals surface area contributed by atoms with Crippen LogP contribution in [0.25, 0.3) is 0 Å². The molecule has 1 N–H and O–H groups in total. The van der Waals surface area contributed by atoms with E-state index in [1.807, 2.05) is 6.07 Å². The Morgan fingerprint density at radius 2 is 1.96 bits per heavy atom. The number of urea groups is 1. The van der Waals surface area contributed by atoms with Crippen molar-refractivity contribution in [2.75, 3.05) is 11.9 Å². The van der Waals surface area contributed by atoms with Crippen LogP contribution in [0.3, 0.4) is 0 Å². The zero-order chi connectivity index (χ0) is 16.4. The van der Waals surface area contributed by atoms with Crippen molar-refractivity contribution in [1.82, 2.24) is 4.90 Å². The van der Waals surface area contributed by atoms with Crippen LogP contribution >= 0.6 is 0 Å². The van der Waals surface area contributed by atoms with Gasteiger partial charge in [-0.2, -0.15) is 0 Å². The molecular formula is C19H21FN2O. The molecule has 0 bridgehead atoms. The Hall–Kier alpha value is -2.36. The van der Waals surface area contributed by atoms with E-state index in [0.717, 1.165) is 6.42 Å². The Kier molecular flexibility index (Phi) is 4.33. The second-order valence-electron chi connectivity index (χ2n) is 6.22. The molecule has 0 aliphatic carbocycles. The molecular weight excluding hydrogens is 291 g/mol. The average molecular weight is 312 g/mol. The summed E-state index contributed by atoms with van der Waals surface area (Å²) in [5, 5.41) is 2.66. The minimum Gasteiger partial charge on any atom is -0.320 e. The maximum absolute atomic E-state index is 13.7. The molecule has 0 saturated heterocycles. The predicted molar refractivity (Wildman–Crippen MR) is 90.1 cm³/mol. The van der Waals surface area contributed by atoms with E-state index < -0.39 is 5.82 Å². The highest BCUT2D eigenvalue weighted by Crippen LogP contribution is 2.28. The van der Waals surface area contributed by atoms with E-state index >= 15 is 0 Å². The van der Waals surface area contributed by atoms with E-state index in [9.17, 15) is 9.18 Å². The van der Waals surface area contributed by atoms with Crippen molar-refractivity contribution < 1.29 is 9.18 Å². The molecule has 0 aromatic heterocycles. The topological polar surface area (TPSA) is 32.3 Å². The fourth-order valence-corrected chi connectivity index (χ4v) is 3.11. The van der Waals surface area contributed by atoms with Gasteiger partial charge in [0.25, 0.3) is 0 Å². The molecule has 0 radical (unpaired) electrons. The first-order chi connectivity index (χ1) is 11.1. The Morgan fingerprint density at radius 1 is 1.17 bits per heavy atom. The third kappa shape index (κ3) is 3.21. The van der Waals surface area contributed by atoms with Crippen LogP contribution in [0.4, 0.5) is 14.9 Å². The van der Waals surface area contributed by atoms with Crippen LogP contribution < -0.4 is 5.32 Å². The number of hydrogen-bond acceptors (Lipinski definition) is 1. The molecule has 0 unspecified atom stereocenters. The van der Waals surface area contributed by atoms with Gasteiger partial charge in [-0.1, -0.05) is 44.2 Å². The molecule has 1 heterocycles. The number of hydrogen-bond donors (Lipinski definition) is 1. The summed E-state index contributed by atoms with van der Waals surface area (Å²) in [4.78, 5) is 14.1. The van der Waals surface area contributed by atoms with Gasteiger partial charge in [-0.3, -0.25) is 0 Å². The fourth-order valence-electron chi connectivity index (χ4n) is 3.11. The first-order valence-electron chi connectivity index (χ1n) is 7.97. The number of halogens is 1. The monoisotopic (exact) mass is 312 g/mol. The van der Waals surface area contributed by atoms with Crippen molar-refractivity contribution >= 4 is 11.7 Å². The Morgan fingerprint density at radius 3 is 2.70 bits per heavy atom. The van der Waals surface area contributed by atoms with Gasteiger partial charge in [0, 0.05) is 13.1 Å². The first kappa shape index (κ1) is 15.5. The minimum absolute atomic E-state index is 0.222. The molecule has 4 heteroatoms. The van der Waals surface area contributed by atoms with Gasteiger partial charge >= 0.3 is 6.03 Å². The third-order valence-electron chi connectivity index (χ3n) is 4.33. The number of carbonyl (C=O) groups excluding carboxylic acids is 1. The lowest BCUT2D eigenvalue weighted by atomic mass is 9.89. The van der Waals surface area contributed by atoms with Gasteiger partial charge in [-0.05, 0) is 41.2 Å². The number of carbonyl (C=O) groups is 1.